The van der Waals surface area contributed by atoms with Crippen LogP contribution in [-0.2, 0) is 14.4 Å². The first-order chi connectivity index (χ1) is 20.8. The van der Waals surface area contributed by atoms with E-state index in [4.69, 9.17) is 14.3 Å². The molecule has 43 heavy (non-hydrogen) atoms. The maximum atomic E-state index is 13.9. The SMILES string of the molecule is COc1cc([C@@H]2[C@@H]3C(=O)N(c4ccc([N+](=O)[O-])cc4)C(=O)[C@@H]3ON2c2ccccc2)ccc1OC(=O)c1ccc(F)cc1. The van der Waals surface area contributed by atoms with Crippen LogP contribution in [0.1, 0.15) is 22.0 Å². The highest BCUT2D eigenvalue weighted by molar-refractivity contribution is 6.24. The summed E-state index contributed by atoms with van der Waals surface area (Å²) in [6.45, 7) is 0. The number of carbonyl (C=O) groups excluding carboxylic acids is 3. The number of methoxy groups -OCH3 is 1. The van der Waals surface area contributed by atoms with Crippen molar-refractivity contribution in [1.82, 2.24) is 0 Å². The summed E-state index contributed by atoms with van der Waals surface area (Å²) in [6.07, 6.45) is -1.17. The lowest BCUT2D eigenvalue weighted by atomic mass is 9.90. The third-order valence-corrected chi connectivity index (χ3v) is 7.26. The first-order valence-corrected chi connectivity index (χ1v) is 13.1. The van der Waals surface area contributed by atoms with Crippen LogP contribution < -0.4 is 19.4 Å². The molecule has 0 aromatic heterocycles. The van der Waals surface area contributed by atoms with Crippen LogP contribution in [0.5, 0.6) is 11.5 Å². The predicted molar refractivity (Wildman–Crippen MR) is 150 cm³/mol. The molecular formula is C31H22FN3O8. The number of non-ortho nitro benzene ring substituents is 1. The molecule has 2 aliphatic heterocycles. The number of nitro benzene ring substituents is 1. The molecule has 0 N–H and O–H groups in total. The van der Waals surface area contributed by atoms with Gasteiger partial charge in [-0.25, -0.2) is 19.1 Å². The Labute approximate surface area is 243 Å². The zero-order valence-corrected chi connectivity index (χ0v) is 22.5. The van der Waals surface area contributed by atoms with Gasteiger partial charge >= 0.3 is 5.97 Å². The zero-order chi connectivity index (χ0) is 30.2. The number of hydroxylamine groups is 1. The topological polar surface area (TPSA) is 129 Å². The number of hydrogen-bond donors (Lipinski definition) is 0. The second-order valence-corrected chi connectivity index (χ2v) is 9.75. The Hall–Kier alpha value is -5.62. The second kappa shape index (κ2) is 11.0. The molecule has 216 valence electrons. The minimum absolute atomic E-state index is 0.0867. The molecule has 0 radical (unpaired) electrons. The number of ether oxygens (including phenoxy) is 2. The van der Waals surface area contributed by atoms with E-state index < -0.39 is 46.6 Å². The van der Waals surface area contributed by atoms with Gasteiger partial charge in [0.1, 0.15) is 11.7 Å². The number of nitrogens with zero attached hydrogens (tertiary/aromatic N) is 3. The van der Waals surface area contributed by atoms with Gasteiger partial charge in [-0.3, -0.25) is 24.5 Å². The minimum Gasteiger partial charge on any atom is -0.493 e. The molecule has 4 aromatic carbocycles. The average Bonchev–Trinajstić information content (AvgIpc) is 3.53. The first-order valence-electron chi connectivity index (χ1n) is 13.1. The summed E-state index contributed by atoms with van der Waals surface area (Å²) in [5, 5.41) is 12.6. The van der Waals surface area contributed by atoms with E-state index in [9.17, 15) is 28.9 Å². The Morgan fingerprint density at radius 3 is 2.23 bits per heavy atom. The lowest BCUT2D eigenvalue weighted by Crippen LogP contribution is -2.37. The van der Waals surface area contributed by atoms with Gasteiger partial charge in [0.2, 0.25) is 5.91 Å². The monoisotopic (exact) mass is 583 g/mol. The number of esters is 1. The van der Waals surface area contributed by atoms with Crippen molar-refractivity contribution in [2.45, 2.75) is 12.1 Å². The van der Waals surface area contributed by atoms with Crippen molar-refractivity contribution >= 4 is 34.8 Å². The van der Waals surface area contributed by atoms with Gasteiger partial charge < -0.3 is 9.47 Å². The van der Waals surface area contributed by atoms with E-state index in [1.54, 1.807) is 36.4 Å². The van der Waals surface area contributed by atoms with Crippen molar-refractivity contribution in [3.8, 4) is 11.5 Å². The molecular weight excluding hydrogens is 561 g/mol. The van der Waals surface area contributed by atoms with Crippen LogP contribution in [0.3, 0.4) is 0 Å². The van der Waals surface area contributed by atoms with E-state index in [1.807, 2.05) is 6.07 Å². The highest BCUT2D eigenvalue weighted by atomic mass is 19.1. The average molecular weight is 584 g/mol. The molecule has 11 nitrogen and oxygen atoms in total. The maximum absolute atomic E-state index is 13.9. The lowest BCUT2D eigenvalue weighted by Gasteiger charge is -2.29. The zero-order valence-electron chi connectivity index (χ0n) is 22.5. The smallest absolute Gasteiger partial charge is 0.343 e. The molecule has 0 bridgehead atoms. The number of rotatable bonds is 7. The molecule has 4 aromatic rings. The summed E-state index contributed by atoms with van der Waals surface area (Å²) in [4.78, 5) is 57.7. The number of fused-ring (bicyclic) bond motifs is 1. The second-order valence-electron chi connectivity index (χ2n) is 9.75. The largest absolute Gasteiger partial charge is 0.493 e. The van der Waals surface area contributed by atoms with Crippen molar-refractivity contribution in [1.29, 1.82) is 0 Å². The standard InChI is InChI=1S/C31H22FN3O8/c1-41-25-17-19(9-16-24(25)42-31(38)18-7-10-20(32)11-8-18)27-26-28(43-34(27)22-5-3-2-4-6-22)30(37)33(29(26)36)21-12-14-23(15-13-21)35(39)40/h2-17,26-28H,1H3/t26-,27+,28+/m0/s1. The van der Waals surface area contributed by atoms with E-state index >= 15 is 0 Å². The van der Waals surface area contributed by atoms with E-state index in [-0.39, 0.29) is 28.4 Å². The molecule has 0 aliphatic carbocycles. The summed E-state index contributed by atoms with van der Waals surface area (Å²) in [5.74, 6) is -3.10. The Kier molecular flexibility index (Phi) is 7.04. The van der Waals surface area contributed by atoms with Crippen molar-refractivity contribution < 1.29 is 38.0 Å². The lowest BCUT2D eigenvalue weighted by molar-refractivity contribution is -0.384. The van der Waals surface area contributed by atoms with Gasteiger partial charge in [0.15, 0.2) is 17.6 Å². The van der Waals surface area contributed by atoms with E-state index in [2.05, 4.69) is 0 Å². The summed E-state index contributed by atoms with van der Waals surface area (Å²) >= 11 is 0. The number of benzene rings is 4. The Bertz CT molecular complexity index is 1730. The molecule has 2 aliphatic rings. The normalized spacial score (nSPS) is 19.3. The van der Waals surface area contributed by atoms with E-state index in [0.29, 0.717) is 11.3 Å². The molecule has 2 amide bonds. The van der Waals surface area contributed by atoms with Crippen LogP contribution in [0.25, 0.3) is 0 Å². The van der Waals surface area contributed by atoms with Gasteiger partial charge in [0, 0.05) is 12.1 Å². The van der Waals surface area contributed by atoms with Crippen molar-refractivity contribution in [3.63, 3.8) is 0 Å². The fourth-order valence-corrected chi connectivity index (χ4v) is 5.23. The number of para-hydroxylation sites is 1. The molecule has 0 spiro atoms. The van der Waals surface area contributed by atoms with Crippen LogP contribution in [0.15, 0.2) is 97.1 Å². The number of hydrogen-bond acceptors (Lipinski definition) is 9. The van der Waals surface area contributed by atoms with Gasteiger partial charge in [-0.15, -0.1) is 0 Å². The summed E-state index contributed by atoms with van der Waals surface area (Å²) in [5.41, 5.74) is 1.26. The molecule has 6 rings (SSSR count). The molecule has 0 unspecified atom stereocenters. The van der Waals surface area contributed by atoms with Gasteiger partial charge in [0.05, 0.1) is 35.0 Å². The molecule has 0 saturated carbocycles. The van der Waals surface area contributed by atoms with Crippen LogP contribution >= 0.6 is 0 Å². The highest BCUT2D eigenvalue weighted by Crippen LogP contribution is 2.48. The third kappa shape index (κ3) is 4.93. The van der Waals surface area contributed by atoms with Gasteiger partial charge in [-0.2, -0.15) is 0 Å². The van der Waals surface area contributed by atoms with Crippen LogP contribution in [-0.4, -0.2) is 35.9 Å². The van der Waals surface area contributed by atoms with Gasteiger partial charge in [0.25, 0.3) is 11.6 Å². The molecule has 2 saturated heterocycles. The number of halogens is 1. The Morgan fingerprint density at radius 2 is 1.58 bits per heavy atom. The molecule has 2 fully saturated rings. The summed E-state index contributed by atoms with van der Waals surface area (Å²) in [6, 6.07) is 22.8. The van der Waals surface area contributed by atoms with Gasteiger partial charge in [-0.1, -0.05) is 24.3 Å². The number of nitro groups is 1. The van der Waals surface area contributed by atoms with Gasteiger partial charge in [-0.05, 0) is 66.2 Å². The van der Waals surface area contributed by atoms with Crippen LogP contribution in [0.4, 0.5) is 21.5 Å². The predicted octanol–water partition coefficient (Wildman–Crippen LogP) is 5.01. The van der Waals surface area contributed by atoms with Crippen molar-refractivity contribution in [2.24, 2.45) is 5.92 Å². The number of imide groups is 1. The number of anilines is 2. The Balaban J connectivity index is 1.36. The third-order valence-electron chi connectivity index (χ3n) is 7.26. The molecule has 12 heteroatoms. The van der Waals surface area contributed by atoms with E-state index in [1.165, 1.54) is 54.6 Å². The van der Waals surface area contributed by atoms with Crippen LogP contribution in [0, 0.1) is 21.8 Å². The first kappa shape index (κ1) is 27.5. The fraction of sp³-hybridized carbons (Fsp3) is 0.129. The fourth-order valence-electron chi connectivity index (χ4n) is 5.23. The maximum Gasteiger partial charge on any atom is 0.343 e. The highest BCUT2D eigenvalue weighted by Gasteiger charge is 2.60. The van der Waals surface area contributed by atoms with Crippen LogP contribution in [0.2, 0.25) is 0 Å². The van der Waals surface area contributed by atoms with Crippen molar-refractivity contribution in [2.75, 3.05) is 17.1 Å². The Morgan fingerprint density at radius 1 is 0.884 bits per heavy atom. The quantitative estimate of drug-likeness (QED) is 0.0969. The number of carbonyl (C=O) groups is 3. The summed E-state index contributed by atoms with van der Waals surface area (Å²) < 4.78 is 24.3. The molecule has 2 heterocycles. The number of amides is 2. The van der Waals surface area contributed by atoms with E-state index in [0.717, 1.165) is 17.0 Å². The summed E-state index contributed by atoms with van der Waals surface area (Å²) in [7, 11) is 1.39. The van der Waals surface area contributed by atoms with Crippen molar-refractivity contribution in [3.05, 3.63) is 124 Å². The molecule has 3 atom stereocenters. The minimum atomic E-state index is -1.17.